The van der Waals surface area contributed by atoms with Gasteiger partial charge in [0.25, 0.3) is 0 Å². The van der Waals surface area contributed by atoms with Crippen molar-refractivity contribution >= 4 is 6.29 Å². The summed E-state index contributed by atoms with van der Waals surface area (Å²) in [7, 11) is 0. The Bertz CT molecular complexity index is 385. The van der Waals surface area contributed by atoms with E-state index in [1.165, 1.54) is 6.07 Å². The summed E-state index contributed by atoms with van der Waals surface area (Å²) in [6, 6.07) is 2.78. The van der Waals surface area contributed by atoms with Gasteiger partial charge >= 0.3 is 6.18 Å². The van der Waals surface area contributed by atoms with Crippen molar-refractivity contribution in [3.63, 3.8) is 0 Å². The summed E-state index contributed by atoms with van der Waals surface area (Å²) >= 11 is 0. The van der Waals surface area contributed by atoms with Crippen molar-refractivity contribution in [3.05, 3.63) is 29.3 Å². The molecule has 0 aliphatic heterocycles. The summed E-state index contributed by atoms with van der Waals surface area (Å²) in [4.78, 5) is 10.3. The second-order valence-corrected chi connectivity index (χ2v) is 3.57. The van der Waals surface area contributed by atoms with E-state index in [1.807, 2.05) is 0 Å². The summed E-state index contributed by atoms with van der Waals surface area (Å²) in [6.45, 7) is 1.66. The molecule has 16 heavy (non-hydrogen) atoms. The monoisotopic (exact) mass is 232 g/mol. The van der Waals surface area contributed by atoms with E-state index in [9.17, 15) is 23.1 Å². The van der Waals surface area contributed by atoms with E-state index in [0.29, 0.717) is 17.9 Å². The number of aromatic hydroxyl groups is 1. The Morgan fingerprint density at radius 2 is 2.06 bits per heavy atom. The lowest BCUT2D eigenvalue weighted by atomic mass is 9.96. The standard InChI is InChI=1S/C11H11F3O2/c1-7(4-5-15)9-3-2-8(6-10(9)16)11(12,13)14/h2-3,5-7,16H,4H2,1H3. The first-order valence-corrected chi connectivity index (χ1v) is 4.70. The highest BCUT2D eigenvalue weighted by Gasteiger charge is 2.31. The van der Waals surface area contributed by atoms with Crippen LogP contribution < -0.4 is 0 Å². The van der Waals surface area contributed by atoms with E-state index in [-0.39, 0.29) is 12.3 Å². The Kier molecular flexibility index (Phi) is 3.57. The topological polar surface area (TPSA) is 37.3 Å². The molecule has 88 valence electrons. The number of aldehydes is 1. The first-order chi connectivity index (χ1) is 7.36. The van der Waals surface area contributed by atoms with Crippen LogP contribution in [-0.4, -0.2) is 11.4 Å². The minimum Gasteiger partial charge on any atom is -0.508 e. The Labute approximate surface area is 90.7 Å². The first-order valence-electron chi connectivity index (χ1n) is 4.70. The van der Waals surface area contributed by atoms with Crippen LogP contribution in [0.1, 0.15) is 30.4 Å². The predicted molar refractivity (Wildman–Crippen MR) is 52.2 cm³/mol. The van der Waals surface area contributed by atoms with Gasteiger partial charge in [0.15, 0.2) is 0 Å². The van der Waals surface area contributed by atoms with Gasteiger partial charge in [-0.25, -0.2) is 0 Å². The van der Waals surface area contributed by atoms with Gasteiger partial charge in [0, 0.05) is 6.42 Å². The van der Waals surface area contributed by atoms with Gasteiger partial charge in [-0.1, -0.05) is 13.0 Å². The maximum atomic E-state index is 12.3. The van der Waals surface area contributed by atoms with E-state index in [2.05, 4.69) is 0 Å². The second-order valence-electron chi connectivity index (χ2n) is 3.57. The fraction of sp³-hybridized carbons (Fsp3) is 0.364. The van der Waals surface area contributed by atoms with E-state index >= 15 is 0 Å². The summed E-state index contributed by atoms with van der Waals surface area (Å²) in [6.07, 6.45) is -3.63. The van der Waals surface area contributed by atoms with Crippen LogP contribution in [0.4, 0.5) is 13.2 Å². The van der Waals surface area contributed by atoms with E-state index in [1.54, 1.807) is 6.92 Å². The molecule has 5 heteroatoms. The molecule has 0 aromatic heterocycles. The quantitative estimate of drug-likeness (QED) is 0.813. The van der Waals surface area contributed by atoms with Crippen molar-refractivity contribution in [2.24, 2.45) is 0 Å². The van der Waals surface area contributed by atoms with Crippen LogP contribution >= 0.6 is 0 Å². The summed E-state index contributed by atoms with van der Waals surface area (Å²) in [5, 5.41) is 9.44. The van der Waals surface area contributed by atoms with E-state index in [0.717, 1.165) is 6.07 Å². The van der Waals surface area contributed by atoms with Crippen LogP contribution in [0.5, 0.6) is 5.75 Å². The van der Waals surface area contributed by atoms with E-state index in [4.69, 9.17) is 0 Å². The van der Waals surface area contributed by atoms with Crippen LogP contribution in [0.25, 0.3) is 0 Å². The highest BCUT2D eigenvalue weighted by molar-refractivity contribution is 5.53. The van der Waals surface area contributed by atoms with Gasteiger partial charge < -0.3 is 9.90 Å². The van der Waals surface area contributed by atoms with Crippen LogP contribution in [-0.2, 0) is 11.0 Å². The van der Waals surface area contributed by atoms with Crippen molar-refractivity contribution in [1.29, 1.82) is 0 Å². The number of carbonyl (C=O) groups excluding carboxylic acids is 1. The Hall–Kier alpha value is -1.52. The summed E-state index contributed by atoms with van der Waals surface area (Å²) < 4.78 is 36.8. The number of hydrogen-bond acceptors (Lipinski definition) is 2. The van der Waals surface area contributed by atoms with Gasteiger partial charge in [-0.3, -0.25) is 0 Å². The number of halogens is 3. The third-order valence-electron chi connectivity index (χ3n) is 2.34. The number of phenolic OH excluding ortho intramolecular Hbond substituents is 1. The number of phenols is 1. The summed E-state index contributed by atoms with van der Waals surface area (Å²) in [5.74, 6) is -0.719. The van der Waals surface area contributed by atoms with Gasteiger partial charge in [0.2, 0.25) is 0 Å². The molecule has 1 aromatic rings. The third kappa shape index (κ3) is 2.74. The lowest BCUT2D eigenvalue weighted by Gasteiger charge is -2.13. The Morgan fingerprint density at radius 3 is 2.50 bits per heavy atom. The van der Waals surface area contributed by atoms with Gasteiger partial charge in [0.1, 0.15) is 12.0 Å². The molecule has 0 bridgehead atoms. The Balaban J connectivity index is 3.05. The molecule has 0 amide bonds. The van der Waals surface area contributed by atoms with Crippen molar-refractivity contribution in [2.45, 2.75) is 25.4 Å². The molecule has 0 aliphatic rings. The smallest absolute Gasteiger partial charge is 0.416 e. The number of rotatable bonds is 3. The zero-order chi connectivity index (χ0) is 12.3. The SMILES string of the molecule is CC(CC=O)c1ccc(C(F)(F)F)cc1O. The largest absolute Gasteiger partial charge is 0.508 e. The zero-order valence-electron chi connectivity index (χ0n) is 8.58. The molecule has 1 aromatic carbocycles. The number of carbonyl (C=O) groups is 1. The highest BCUT2D eigenvalue weighted by Crippen LogP contribution is 2.35. The lowest BCUT2D eigenvalue weighted by Crippen LogP contribution is -2.05. The molecule has 1 rings (SSSR count). The Morgan fingerprint density at radius 1 is 1.44 bits per heavy atom. The number of hydrogen-bond donors (Lipinski definition) is 1. The molecule has 2 nitrogen and oxygen atoms in total. The number of benzene rings is 1. The van der Waals surface area contributed by atoms with Crippen molar-refractivity contribution in [2.75, 3.05) is 0 Å². The first kappa shape index (κ1) is 12.5. The van der Waals surface area contributed by atoms with Crippen molar-refractivity contribution in [3.8, 4) is 5.75 Å². The molecule has 0 heterocycles. The minimum absolute atomic E-state index is 0.166. The molecule has 0 saturated carbocycles. The molecule has 0 aliphatic carbocycles. The maximum absolute atomic E-state index is 12.3. The molecule has 1 unspecified atom stereocenters. The fourth-order valence-electron chi connectivity index (χ4n) is 1.41. The molecule has 1 N–H and O–H groups in total. The molecular weight excluding hydrogens is 221 g/mol. The number of alkyl halides is 3. The molecule has 0 saturated heterocycles. The van der Waals surface area contributed by atoms with E-state index < -0.39 is 17.5 Å². The predicted octanol–water partition coefficient (Wildman–Crippen LogP) is 3.10. The minimum atomic E-state index is -4.47. The van der Waals surface area contributed by atoms with Gasteiger partial charge in [0.05, 0.1) is 5.56 Å². The normalized spacial score (nSPS) is 13.5. The molecule has 0 spiro atoms. The molecular formula is C11H11F3O2. The lowest BCUT2D eigenvalue weighted by molar-refractivity contribution is -0.137. The van der Waals surface area contributed by atoms with Crippen LogP contribution in [0.2, 0.25) is 0 Å². The third-order valence-corrected chi connectivity index (χ3v) is 2.34. The summed E-state index contributed by atoms with van der Waals surface area (Å²) in [5.41, 5.74) is -0.549. The highest BCUT2D eigenvalue weighted by atomic mass is 19.4. The zero-order valence-corrected chi connectivity index (χ0v) is 8.58. The van der Waals surface area contributed by atoms with Crippen molar-refractivity contribution < 1.29 is 23.1 Å². The van der Waals surface area contributed by atoms with Crippen molar-refractivity contribution in [1.82, 2.24) is 0 Å². The average molecular weight is 232 g/mol. The molecule has 1 atom stereocenters. The second kappa shape index (κ2) is 4.55. The average Bonchev–Trinajstić information content (AvgIpc) is 2.16. The van der Waals surface area contributed by atoms with Gasteiger partial charge in [-0.15, -0.1) is 0 Å². The maximum Gasteiger partial charge on any atom is 0.416 e. The van der Waals surface area contributed by atoms with Crippen LogP contribution in [0.15, 0.2) is 18.2 Å². The van der Waals surface area contributed by atoms with Crippen LogP contribution in [0.3, 0.4) is 0 Å². The fourth-order valence-corrected chi connectivity index (χ4v) is 1.41. The molecule has 0 fully saturated rings. The van der Waals surface area contributed by atoms with Gasteiger partial charge in [-0.05, 0) is 23.6 Å². The van der Waals surface area contributed by atoms with Crippen LogP contribution in [0, 0.1) is 0 Å². The molecule has 0 radical (unpaired) electrons. The van der Waals surface area contributed by atoms with Gasteiger partial charge in [-0.2, -0.15) is 13.2 Å².